The standard InChI is InChI=1S/C31H36BrClN2O7/c1-31(2,3)42-30(37)35(34(4)18-17-32)29(36)25-15-16-26(40-19-21-7-11-23(38-5)12-8-21)28(27(25)33)41-20-22-9-13-24(39-6)14-10-22/h7-16H,17-20H2,1-6H3. The van der Waals surface area contributed by atoms with Gasteiger partial charge in [0.25, 0.3) is 5.91 Å². The maximum Gasteiger partial charge on any atom is 0.432 e. The van der Waals surface area contributed by atoms with E-state index < -0.39 is 17.6 Å². The summed E-state index contributed by atoms with van der Waals surface area (Å²) in [5, 5.41) is 2.91. The second-order valence-electron chi connectivity index (χ2n) is 10.2. The lowest BCUT2D eigenvalue weighted by Crippen LogP contribution is -2.50. The molecule has 2 amide bonds. The van der Waals surface area contributed by atoms with E-state index in [2.05, 4.69) is 15.9 Å². The van der Waals surface area contributed by atoms with Crippen molar-refractivity contribution in [3.8, 4) is 23.0 Å². The molecule has 0 aliphatic carbocycles. The molecule has 9 nitrogen and oxygen atoms in total. The Hall–Kier alpha value is -3.47. The molecule has 0 N–H and O–H groups in total. The number of carbonyl (C=O) groups is 2. The Labute approximate surface area is 260 Å². The summed E-state index contributed by atoms with van der Waals surface area (Å²) in [4.78, 5) is 26.9. The van der Waals surface area contributed by atoms with Gasteiger partial charge in [0.05, 0.1) is 24.8 Å². The van der Waals surface area contributed by atoms with Crippen LogP contribution in [0.5, 0.6) is 23.0 Å². The van der Waals surface area contributed by atoms with E-state index in [0.29, 0.717) is 23.4 Å². The Morgan fingerprint density at radius 2 is 1.36 bits per heavy atom. The van der Waals surface area contributed by atoms with E-state index in [1.807, 2.05) is 48.5 Å². The van der Waals surface area contributed by atoms with E-state index in [-0.39, 0.29) is 29.5 Å². The van der Waals surface area contributed by atoms with Crippen LogP contribution in [0.25, 0.3) is 0 Å². The summed E-state index contributed by atoms with van der Waals surface area (Å²) in [7, 11) is 4.81. The minimum absolute atomic E-state index is 0.00143. The molecular formula is C31H36BrClN2O7. The van der Waals surface area contributed by atoms with Gasteiger partial charge in [-0.1, -0.05) is 51.8 Å². The predicted molar refractivity (Wildman–Crippen MR) is 165 cm³/mol. The van der Waals surface area contributed by atoms with Crippen LogP contribution in [-0.2, 0) is 18.0 Å². The fourth-order valence-corrected chi connectivity index (χ4v) is 4.54. The second kappa shape index (κ2) is 15.1. The number of amides is 2. The quantitative estimate of drug-likeness (QED) is 0.149. The molecule has 11 heteroatoms. The molecule has 226 valence electrons. The van der Waals surface area contributed by atoms with Crippen molar-refractivity contribution in [2.45, 2.75) is 39.6 Å². The molecule has 0 radical (unpaired) electrons. The van der Waals surface area contributed by atoms with Gasteiger partial charge in [-0.15, -0.1) is 0 Å². The van der Waals surface area contributed by atoms with Crippen molar-refractivity contribution < 1.29 is 33.3 Å². The number of nitrogens with zero attached hydrogens (tertiary/aromatic N) is 2. The fourth-order valence-electron chi connectivity index (χ4n) is 3.73. The largest absolute Gasteiger partial charge is 0.497 e. The molecule has 0 saturated carbocycles. The minimum Gasteiger partial charge on any atom is -0.497 e. The van der Waals surface area contributed by atoms with Gasteiger partial charge in [0, 0.05) is 18.9 Å². The molecule has 42 heavy (non-hydrogen) atoms. The summed E-state index contributed by atoms with van der Waals surface area (Å²) in [6.07, 6.45) is -0.826. The Morgan fingerprint density at radius 3 is 1.83 bits per heavy atom. The van der Waals surface area contributed by atoms with Gasteiger partial charge in [0.15, 0.2) is 11.5 Å². The zero-order chi connectivity index (χ0) is 30.9. The summed E-state index contributed by atoms with van der Waals surface area (Å²) in [5.41, 5.74) is 0.962. The molecule has 0 heterocycles. The average Bonchev–Trinajstić information content (AvgIpc) is 2.95. The lowest BCUT2D eigenvalue weighted by atomic mass is 10.1. The maximum absolute atomic E-state index is 13.8. The summed E-state index contributed by atoms with van der Waals surface area (Å²) in [6.45, 7) is 5.89. The number of rotatable bonds is 12. The third-order valence-electron chi connectivity index (χ3n) is 5.90. The number of hydrogen-bond donors (Lipinski definition) is 0. The van der Waals surface area contributed by atoms with E-state index in [1.54, 1.807) is 48.1 Å². The van der Waals surface area contributed by atoms with Crippen LogP contribution in [-0.4, -0.2) is 60.8 Å². The van der Waals surface area contributed by atoms with E-state index in [9.17, 15) is 9.59 Å². The number of ether oxygens (including phenoxy) is 5. The minimum atomic E-state index is -0.826. The van der Waals surface area contributed by atoms with Crippen LogP contribution in [0.3, 0.4) is 0 Å². The van der Waals surface area contributed by atoms with Crippen molar-refractivity contribution in [1.29, 1.82) is 0 Å². The zero-order valence-electron chi connectivity index (χ0n) is 24.6. The van der Waals surface area contributed by atoms with Crippen molar-refractivity contribution in [3.05, 3.63) is 82.4 Å². The third-order valence-corrected chi connectivity index (χ3v) is 6.63. The molecule has 0 aliphatic heterocycles. The molecule has 0 bridgehead atoms. The zero-order valence-corrected chi connectivity index (χ0v) is 27.0. The highest BCUT2D eigenvalue weighted by molar-refractivity contribution is 9.09. The van der Waals surface area contributed by atoms with Crippen LogP contribution in [0.2, 0.25) is 5.02 Å². The summed E-state index contributed by atoms with van der Waals surface area (Å²) in [5.74, 6) is 1.27. The van der Waals surface area contributed by atoms with Crippen molar-refractivity contribution in [2.75, 3.05) is 33.1 Å². The Bertz CT molecular complexity index is 1350. The number of hydrazine groups is 1. The van der Waals surface area contributed by atoms with Gasteiger partial charge in [-0.3, -0.25) is 4.79 Å². The second-order valence-corrected chi connectivity index (χ2v) is 11.4. The highest BCUT2D eigenvalue weighted by atomic mass is 79.9. The molecule has 0 aromatic heterocycles. The average molecular weight is 664 g/mol. The molecule has 3 aromatic rings. The van der Waals surface area contributed by atoms with Gasteiger partial charge in [-0.2, -0.15) is 5.01 Å². The molecular weight excluding hydrogens is 628 g/mol. The number of halogens is 2. The van der Waals surface area contributed by atoms with Gasteiger partial charge in [-0.25, -0.2) is 9.80 Å². The smallest absolute Gasteiger partial charge is 0.432 e. The fraction of sp³-hybridized carbons (Fsp3) is 0.355. The van der Waals surface area contributed by atoms with Crippen molar-refractivity contribution in [2.24, 2.45) is 0 Å². The van der Waals surface area contributed by atoms with E-state index in [0.717, 1.165) is 21.9 Å². The van der Waals surface area contributed by atoms with Gasteiger partial charge in [0.2, 0.25) is 0 Å². The monoisotopic (exact) mass is 662 g/mol. The first kappa shape index (κ1) is 33.0. The maximum atomic E-state index is 13.8. The van der Waals surface area contributed by atoms with Crippen LogP contribution in [0, 0.1) is 0 Å². The molecule has 0 fully saturated rings. The van der Waals surface area contributed by atoms with Gasteiger partial charge in [-0.05, 0) is 68.3 Å². The first-order valence-corrected chi connectivity index (χ1v) is 14.7. The SMILES string of the molecule is COc1ccc(COc2ccc(C(=O)N(C(=O)OC(C)(C)C)N(C)CCBr)c(Cl)c2OCc2ccc(OC)cc2)cc1. The van der Waals surface area contributed by atoms with Gasteiger partial charge >= 0.3 is 6.09 Å². The molecule has 0 unspecified atom stereocenters. The Balaban J connectivity index is 1.97. The van der Waals surface area contributed by atoms with Gasteiger partial charge in [0.1, 0.15) is 30.3 Å². The number of methoxy groups -OCH3 is 2. The van der Waals surface area contributed by atoms with E-state index >= 15 is 0 Å². The number of carbonyl (C=O) groups excluding carboxylic acids is 2. The highest BCUT2D eigenvalue weighted by Crippen LogP contribution is 2.39. The molecule has 0 atom stereocenters. The van der Waals surface area contributed by atoms with Crippen molar-refractivity contribution in [1.82, 2.24) is 10.0 Å². The highest BCUT2D eigenvalue weighted by Gasteiger charge is 2.33. The van der Waals surface area contributed by atoms with Crippen LogP contribution in [0.4, 0.5) is 4.79 Å². The van der Waals surface area contributed by atoms with E-state index in [4.69, 9.17) is 35.3 Å². The summed E-state index contributed by atoms with van der Waals surface area (Å²) < 4.78 is 28.2. The van der Waals surface area contributed by atoms with Gasteiger partial charge < -0.3 is 23.7 Å². The van der Waals surface area contributed by atoms with Crippen molar-refractivity contribution in [3.63, 3.8) is 0 Å². The topological polar surface area (TPSA) is 86.8 Å². The van der Waals surface area contributed by atoms with Crippen LogP contribution in [0.15, 0.2) is 60.7 Å². The van der Waals surface area contributed by atoms with Crippen LogP contribution in [0.1, 0.15) is 42.3 Å². The lowest BCUT2D eigenvalue weighted by Gasteiger charge is -2.32. The number of benzene rings is 3. The molecule has 0 spiro atoms. The number of imide groups is 1. The third kappa shape index (κ3) is 9.01. The molecule has 3 aromatic carbocycles. The summed E-state index contributed by atoms with van der Waals surface area (Å²) in [6, 6.07) is 17.9. The predicted octanol–water partition coefficient (Wildman–Crippen LogP) is 7.13. The van der Waals surface area contributed by atoms with Crippen molar-refractivity contribution >= 4 is 39.5 Å². The lowest BCUT2D eigenvalue weighted by molar-refractivity contribution is -0.0247. The van der Waals surface area contributed by atoms with Crippen LogP contribution < -0.4 is 18.9 Å². The van der Waals surface area contributed by atoms with E-state index in [1.165, 1.54) is 11.1 Å². The number of hydrogen-bond acceptors (Lipinski definition) is 8. The molecule has 3 rings (SSSR count). The Kier molecular flexibility index (Phi) is 11.9. The number of alkyl halides is 1. The first-order chi connectivity index (χ1) is 20.0. The molecule has 0 saturated heterocycles. The first-order valence-electron chi connectivity index (χ1n) is 13.2. The van der Waals surface area contributed by atoms with Crippen LogP contribution >= 0.6 is 27.5 Å². The summed E-state index contributed by atoms with van der Waals surface area (Å²) >= 11 is 10.2. The Morgan fingerprint density at radius 1 is 0.833 bits per heavy atom. The molecule has 0 aliphatic rings. The normalized spacial score (nSPS) is 11.2.